The number of hydrogen-bond acceptors (Lipinski definition) is 3. The lowest BCUT2D eigenvalue weighted by atomic mass is 10.2. The summed E-state index contributed by atoms with van der Waals surface area (Å²) in [6.45, 7) is 0.781. The van der Waals surface area contributed by atoms with Gasteiger partial charge in [0, 0.05) is 17.5 Å². The van der Waals surface area contributed by atoms with Gasteiger partial charge in [-0.1, -0.05) is 0 Å². The van der Waals surface area contributed by atoms with Crippen LogP contribution >= 0.6 is 0 Å². The minimum atomic E-state index is -2.88. The Morgan fingerprint density at radius 3 is 2.52 bits per heavy atom. The van der Waals surface area contributed by atoms with Gasteiger partial charge in [-0.3, -0.25) is 4.79 Å². The minimum absolute atomic E-state index is 0.0104. The molecule has 0 bridgehead atoms. The zero-order valence-corrected chi connectivity index (χ0v) is 11.6. The SMILES string of the molecule is Cc1cnc([C@H](C)NC(=O)c2ccc(OC(F)F)cc2)[nH]1. The smallest absolute Gasteiger partial charge is 0.387 e. The van der Waals surface area contributed by atoms with Crippen LogP contribution in [-0.4, -0.2) is 22.5 Å². The number of benzene rings is 1. The van der Waals surface area contributed by atoms with E-state index in [9.17, 15) is 13.6 Å². The van der Waals surface area contributed by atoms with Gasteiger partial charge in [0.15, 0.2) is 0 Å². The number of ether oxygens (including phenoxy) is 1. The summed E-state index contributed by atoms with van der Waals surface area (Å²) in [5.41, 5.74) is 1.26. The van der Waals surface area contributed by atoms with Gasteiger partial charge in [-0.2, -0.15) is 8.78 Å². The first-order valence-electron chi connectivity index (χ1n) is 6.33. The average molecular weight is 295 g/mol. The lowest BCUT2D eigenvalue weighted by molar-refractivity contribution is -0.0498. The second-order valence-corrected chi connectivity index (χ2v) is 4.55. The van der Waals surface area contributed by atoms with E-state index in [-0.39, 0.29) is 17.7 Å². The number of halogens is 2. The lowest BCUT2D eigenvalue weighted by Gasteiger charge is -2.12. The van der Waals surface area contributed by atoms with Gasteiger partial charge in [-0.25, -0.2) is 4.98 Å². The predicted octanol–water partition coefficient (Wildman–Crippen LogP) is 2.81. The third-order valence-corrected chi connectivity index (χ3v) is 2.82. The maximum absolute atomic E-state index is 12.0. The Morgan fingerprint density at radius 1 is 1.33 bits per heavy atom. The highest BCUT2D eigenvalue weighted by Gasteiger charge is 2.14. The van der Waals surface area contributed by atoms with E-state index in [1.54, 1.807) is 13.1 Å². The summed E-state index contributed by atoms with van der Waals surface area (Å²) in [5, 5.41) is 2.76. The van der Waals surface area contributed by atoms with Gasteiger partial charge in [-0.05, 0) is 38.1 Å². The molecule has 0 aliphatic carbocycles. The van der Waals surface area contributed by atoms with Gasteiger partial charge >= 0.3 is 6.61 Å². The molecule has 0 unspecified atom stereocenters. The van der Waals surface area contributed by atoms with Crippen LogP contribution in [0.15, 0.2) is 30.5 Å². The van der Waals surface area contributed by atoms with Gasteiger partial charge in [-0.15, -0.1) is 0 Å². The Hall–Kier alpha value is -2.44. The summed E-state index contributed by atoms with van der Waals surface area (Å²) in [7, 11) is 0. The molecule has 1 aromatic carbocycles. The Bertz CT molecular complexity index is 611. The number of H-pyrrole nitrogens is 1. The molecule has 0 aliphatic rings. The third-order valence-electron chi connectivity index (χ3n) is 2.82. The number of imidazole rings is 1. The molecule has 1 aromatic heterocycles. The molecular formula is C14H15F2N3O2. The Labute approximate surface area is 120 Å². The van der Waals surface area contributed by atoms with Crippen molar-refractivity contribution in [1.82, 2.24) is 15.3 Å². The molecule has 0 saturated carbocycles. The summed E-state index contributed by atoms with van der Waals surface area (Å²) in [5.74, 6) is 0.343. The number of rotatable bonds is 5. The summed E-state index contributed by atoms with van der Waals surface area (Å²) in [4.78, 5) is 19.2. The van der Waals surface area contributed by atoms with E-state index in [1.165, 1.54) is 24.3 Å². The van der Waals surface area contributed by atoms with E-state index in [0.29, 0.717) is 11.4 Å². The lowest BCUT2D eigenvalue weighted by Crippen LogP contribution is -2.27. The zero-order valence-electron chi connectivity index (χ0n) is 11.6. The van der Waals surface area contributed by atoms with Gasteiger partial charge in [0.1, 0.15) is 11.6 Å². The molecule has 1 amide bonds. The Balaban J connectivity index is 1.99. The number of amides is 1. The molecule has 21 heavy (non-hydrogen) atoms. The molecule has 0 aliphatic heterocycles. The second-order valence-electron chi connectivity index (χ2n) is 4.55. The van der Waals surface area contributed by atoms with Crippen LogP contribution in [0.5, 0.6) is 5.75 Å². The van der Waals surface area contributed by atoms with Gasteiger partial charge in [0.25, 0.3) is 5.91 Å². The number of nitrogens with one attached hydrogen (secondary N) is 2. The largest absolute Gasteiger partial charge is 0.435 e. The van der Waals surface area contributed by atoms with Crippen molar-refractivity contribution in [2.45, 2.75) is 26.5 Å². The number of carbonyl (C=O) groups excluding carboxylic acids is 1. The van der Waals surface area contributed by atoms with Crippen LogP contribution in [0.1, 0.15) is 34.8 Å². The van der Waals surface area contributed by atoms with Crippen LogP contribution in [0.3, 0.4) is 0 Å². The number of aryl methyl sites for hydroxylation is 1. The number of hydrogen-bond donors (Lipinski definition) is 2. The first-order valence-corrected chi connectivity index (χ1v) is 6.33. The normalized spacial score (nSPS) is 12.2. The summed E-state index contributed by atoms with van der Waals surface area (Å²) in [6.07, 6.45) is 1.68. The standard InChI is InChI=1S/C14H15F2N3O2/c1-8-7-17-12(18-8)9(2)19-13(20)10-3-5-11(6-4-10)21-14(15)16/h3-7,9,14H,1-2H3,(H,17,18)(H,19,20)/t9-/m0/s1. The summed E-state index contributed by atoms with van der Waals surface area (Å²) in [6, 6.07) is 5.20. The first kappa shape index (κ1) is 15.0. The molecule has 0 spiro atoms. The van der Waals surface area contributed by atoms with Crippen LogP contribution in [0.25, 0.3) is 0 Å². The van der Waals surface area contributed by atoms with E-state index in [1.807, 2.05) is 6.92 Å². The molecule has 2 aromatic rings. The maximum Gasteiger partial charge on any atom is 0.387 e. The molecule has 112 valence electrons. The van der Waals surface area contributed by atoms with Crippen molar-refractivity contribution >= 4 is 5.91 Å². The fraction of sp³-hybridized carbons (Fsp3) is 0.286. The van der Waals surface area contributed by atoms with Crippen molar-refractivity contribution < 1.29 is 18.3 Å². The Morgan fingerprint density at radius 2 is 2.00 bits per heavy atom. The summed E-state index contributed by atoms with van der Waals surface area (Å²) >= 11 is 0. The second kappa shape index (κ2) is 6.34. The Kier molecular flexibility index (Phi) is 4.52. The third kappa shape index (κ3) is 4.01. The molecule has 0 saturated heterocycles. The molecule has 1 heterocycles. The van der Waals surface area contributed by atoms with Crippen molar-refractivity contribution in [2.75, 3.05) is 0 Å². The van der Waals surface area contributed by atoms with Crippen molar-refractivity contribution in [2.24, 2.45) is 0 Å². The van der Waals surface area contributed by atoms with E-state index in [4.69, 9.17) is 0 Å². The molecule has 2 N–H and O–H groups in total. The minimum Gasteiger partial charge on any atom is -0.435 e. The summed E-state index contributed by atoms with van der Waals surface area (Å²) < 4.78 is 28.3. The van der Waals surface area contributed by atoms with Crippen molar-refractivity contribution in [3.8, 4) is 5.75 Å². The van der Waals surface area contributed by atoms with Crippen LogP contribution in [0.4, 0.5) is 8.78 Å². The molecule has 7 heteroatoms. The predicted molar refractivity (Wildman–Crippen MR) is 72.3 cm³/mol. The van der Waals surface area contributed by atoms with Crippen LogP contribution in [-0.2, 0) is 0 Å². The molecule has 0 radical (unpaired) electrons. The maximum atomic E-state index is 12.0. The fourth-order valence-electron chi connectivity index (χ4n) is 1.79. The number of aromatic amines is 1. The first-order chi connectivity index (χ1) is 9.95. The van der Waals surface area contributed by atoms with Gasteiger partial charge in [0.05, 0.1) is 6.04 Å². The molecule has 0 fully saturated rings. The quantitative estimate of drug-likeness (QED) is 0.891. The van der Waals surface area contributed by atoms with Crippen molar-refractivity contribution in [1.29, 1.82) is 0 Å². The van der Waals surface area contributed by atoms with Crippen LogP contribution in [0, 0.1) is 6.92 Å². The van der Waals surface area contributed by atoms with Crippen molar-refractivity contribution in [3.63, 3.8) is 0 Å². The highest BCUT2D eigenvalue weighted by Crippen LogP contribution is 2.16. The molecule has 2 rings (SSSR count). The van der Waals surface area contributed by atoms with Crippen molar-refractivity contribution in [3.05, 3.63) is 47.5 Å². The molecule has 5 nitrogen and oxygen atoms in total. The number of carbonyl (C=O) groups is 1. The fourth-order valence-corrected chi connectivity index (χ4v) is 1.79. The van der Waals surface area contributed by atoms with E-state index in [2.05, 4.69) is 20.0 Å². The number of alkyl halides is 2. The highest BCUT2D eigenvalue weighted by atomic mass is 19.3. The van der Waals surface area contributed by atoms with E-state index < -0.39 is 6.61 Å². The van der Waals surface area contributed by atoms with E-state index >= 15 is 0 Å². The zero-order chi connectivity index (χ0) is 15.4. The monoisotopic (exact) mass is 295 g/mol. The highest BCUT2D eigenvalue weighted by molar-refractivity contribution is 5.94. The number of aromatic nitrogens is 2. The molecular weight excluding hydrogens is 280 g/mol. The van der Waals surface area contributed by atoms with Gasteiger partial charge in [0.2, 0.25) is 0 Å². The van der Waals surface area contributed by atoms with E-state index in [0.717, 1.165) is 5.69 Å². The van der Waals surface area contributed by atoms with Gasteiger partial charge < -0.3 is 15.0 Å². The molecule has 1 atom stereocenters. The number of nitrogens with zero attached hydrogens (tertiary/aromatic N) is 1. The van der Waals surface area contributed by atoms with Crippen LogP contribution < -0.4 is 10.1 Å². The average Bonchev–Trinajstić information content (AvgIpc) is 2.85. The topological polar surface area (TPSA) is 67.0 Å². The van der Waals surface area contributed by atoms with Crippen LogP contribution in [0.2, 0.25) is 0 Å².